The van der Waals surface area contributed by atoms with Crippen LogP contribution in [0.15, 0.2) is 30.6 Å². The Labute approximate surface area is 89.9 Å². The number of hydrogen-bond acceptors (Lipinski definition) is 3. The second kappa shape index (κ2) is 5.70. The number of nitrogens with one attached hydrogen (secondary N) is 1. The number of carbonyl (C=O) groups is 1. The Morgan fingerprint density at radius 2 is 2.13 bits per heavy atom. The summed E-state index contributed by atoms with van der Waals surface area (Å²) in [4.78, 5) is 21.3. The van der Waals surface area contributed by atoms with Crippen molar-refractivity contribution in [3.8, 4) is 11.5 Å². The molecule has 0 spiro atoms. The maximum atomic E-state index is 10.4. The highest BCUT2D eigenvalue weighted by Crippen LogP contribution is 2.10. The summed E-state index contributed by atoms with van der Waals surface area (Å²) in [5, 5.41) is 0. The molecule has 0 fully saturated rings. The average Bonchev–Trinajstić information content (AvgIpc) is 2.81. The number of hydrogen-bond donors (Lipinski definition) is 1. The molecule has 0 atom stereocenters. The Hall–Kier alpha value is -1.97. The maximum absolute atomic E-state index is 10.4. The number of nitrogens with zero attached hydrogens (tertiary/aromatic N) is 2. The van der Waals surface area contributed by atoms with Crippen LogP contribution >= 0.6 is 0 Å². The summed E-state index contributed by atoms with van der Waals surface area (Å²) in [6.07, 6.45) is 3.88. The SMILES string of the molecule is CC.O=Cc1cnc(-c2ccccn2)[nH]1.[HH]. The van der Waals surface area contributed by atoms with E-state index in [-0.39, 0.29) is 1.43 Å². The molecule has 0 amide bonds. The standard InChI is InChI=1S/C9H7N3O.C2H6.H2/c13-6-7-5-11-9(12-7)8-3-1-2-4-10-8;1-2;/h1-6H,(H,11,12);1-2H3;1H. The van der Waals surface area contributed by atoms with Crippen LogP contribution in [0.2, 0.25) is 0 Å². The van der Waals surface area contributed by atoms with Crippen LogP contribution in [0.3, 0.4) is 0 Å². The topological polar surface area (TPSA) is 58.6 Å². The van der Waals surface area contributed by atoms with Crippen LogP contribution in [-0.2, 0) is 0 Å². The summed E-state index contributed by atoms with van der Waals surface area (Å²) >= 11 is 0. The second-order valence-electron chi connectivity index (χ2n) is 2.52. The molecule has 80 valence electrons. The van der Waals surface area contributed by atoms with Gasteiger partial charge >= 0.3 is 0 Å². The molecule has 0 saturated heterocycles. The molecule has 0 aliphatic heterocycles. The van der Waals surface area contributed by atoms with E-state index in [4.69, 9.17) is 0 Å². The number of imidazole rings is 1. The molecule has 0 radical (unpaired) electrons. The van der Waals surface area contributed by atoms with Crippen LogP contribution in [0.4, 0.5) is 0 Å². The van der Waals surface area contributed by atoms with Crippen LogP contribution in [0.5, 0.6) is 0 Å². The maximum Gasteiger partial charge on any atom is 0.167 e. The minimum absolute atomic E-state index is 0. The van der Waals surface area contributed by atoms with Gasteiger partial charge in [0.2, 0.25) is 0 Å². The van der Waals surface area contributed by atoms with Gasteiger partial charge in [0.05, 0.1) is 11.9 Å². The molecule has 0 unspecified atom stereocenters. The highest BCUT2D eigenvalue weighted by Gasteiger charge is 2.02. The van der Waals surface area contributed by atoms with E-state index in [1.807, 2.05) is 32.0 Å². The third kappa shape index (κ3) is 2.74. The van der Waals surface area contributed by atoms with E-state index in [0.29, 0.717) is 11.5 Å². The van der Waals surface area contributed by atoms with Gasteiger partial charge < -0.3 is 4.98 Å². The molecule has 0 bridgehead atoms. The first kappa shape index (κ1) is 11.1. The first-order valence-corrected chi connectivity index (χ1v) is 4.82. The fourth-order valence-corrected chi connectivity index (χ4v) is 1.03. The summed E-state index contributed by atoms with van der Waals surface area (Å²) in [6, 6.07) is 5.52. The first-order chi connectivity index (χ1) is 7.40. The first-order valence-electron chi connectivity index (χ1n) is 4.82. The van der Waals surface area contributed by atoms with Crippen molar-refractivity contribution in [1.29, 1.82) is 0 Å². The number of H-pyrrole nitrogens is 1. The van der Waals surface area contributed by atoms with E-state index in [2.05, 4.69) is 15.0 Å². The van der Waals surface area contributed by atoms with Crippen LogP contribution in [0.1, 0.15) is 25.8 Å². The molecule has 0 aliphatic rings. The molecule has 2 heterocycles. The van der Waals surface area contributed by atoms with Gasteiger partial charge in [-0.25, -0.2) is 4.98 Å². The number of aromatic nitrogens is 3. The Bertz CT molecular complexity index is 414. The minimum Gasteiger partial charge on any atom is -0.334 e. The number of aldehydes is 1. The zero-order valence-electron chi connectivity index (χ0n) is 8.77. The molecule has 0 aliphatic carbocycles. The molecule has 2 aromatic heterocycles. The molecule has 0 aromatic carbocycles. The van der Waals surface area contributed by atoms with Gasteiger partial charge in [-0.1, -0.05) is 19.9 Å². The van der Waals surface area contributed by atoms with E-state index in [0.717, 1.165) is 12.0 Å². The average molecular weight is 205 g/mol. The molecule has 1 N–H and O–H groups in total. The lowest BCUT2D eigenvalue weighted by Crippen LogP contribution is -1.84. The van der Waals surface area contributed by atoms with Gasteiger partial charge in [0.1, 0.15) is 5.69 Å². The van der Waals surface area contributed by atoms with Crippen molar-refractivity contribution in [3.05, 3.63) is 36.3 Å². The van der Waals surface area contributed by atoms with Crippen LogP contribution < -0.4 is 0 Å². The van der Waals surface area contributed by atoms with E-state index in [9.17, 15) is 4.79 Å². The van der Waals surface area contributed by atoms with Gasteiger partial charge in [-0.2, -0.15) is 0 Å². The van der Waals surface area contributed by atoms with Crippen molar-refractivity contribution < 1.29 is 6.22 Å². The number of aromatic amines is 1. The zero-order chi connectivity index (χ0) is 11.1. The lowest BCUT2D eigenvalue weighted by atomic mass is 10.3. The molecular weight excluding hydrogens is 190 g/mol. The van der Waals surface area contributed by atoms with E-state index < -0.39 is 0 Å². The fraction of sp³-hybridized carbons (Fsp3) is 0.182. The van der Waals surface area contributed by atoms with Gasteiger partial charge in [0, 0.05) is 7.62 Å². The Morgan fingerprint density at radius 1 is 1.33 bits per heavy atom. The molecule has 15 heavy (non-hydrogen) atoms. The molecule has 4 heteroatoms. The van der Waals surface area contributed by atoms with Crippen molar-refractivity contribution in [2.24, 2.45) is 0 Å². The summed E-state index contributed by atoms with van der Waals surface area (Å²) in [5.41, 5.74) is 1.19. The minimum atomic E-state index is 0. The van der Waals surface area contributed by atoms with E-state index in [1.54, 1.807) is 6.20 Å². The summed E-state index contributed by atoms with van der Waals surface area (Å²) in [7, 11) is 0. The fourth-order valence-electron chi connectivity index (χ4n) is 1.03. The van der Waals surface area contributed by atoms with Crippen LogP contribution in [0, 0.1) is 0 Å². The largest absolute Gasteiger partial charge is 0.334 e. The van der Waals surface area contributed by atoms with E-state index >= 15 is 0 Å². The summed E-state index contributed by atoms with van der Waals surface area (Å²) < 4.78 is 0. The Kier molecular flexibility index (Phi) is 4.22. The summed E-state index contributed by atoms with van der Waals surface area (Å²) in [5.74, 6) is 0.614. The summed E-state index contributed by atoms with van der Waals surface area (Å²) in [6.45, 7) is 4.00. The number of pyridine rings is 1. The van der Waals surface area contributed by atoms with Gasteiger partial charge in [0.25, 0.3) is 0 Å². The number of carbonyl (C=O) groups excluding carboxylic acids is 1. The molecule has 4 nitrogen and oxygen atoms in total. The molecule has 2 rings (SSSR count). The van der Waals surface area contributed by atoms with Crippen molar-refractivity contribution >= 4 is 6.29 Å². The normalized spacial score (nSPS) is 8.93. The highest BCUT2D eigenvalue weighted by atomic mass is 16.1. The van der Waals surface area contributed by atoms with Crippen LogP contribution in [0.25, 0.3) is 11.5 Å². The predicted molar refractivity (Wildman–Crippen MR) is 60.7 cm³/mol. The number of rotatable bonds is 2. The molecular formula is C11H15N3O. The quantitative estimate of drug-likeness (QED) is 0.766. The van der Waals surface area contributed by atoms with Gasteiger partial charge in [0.15, 0.2) is 12.1 Å². The van der Waals surface area contributed by atoms with Crippen molar-refractivity contribution in [3.63, 3.8) is 0 Å². The highest BCUT2D eigenvalue weighted by molar-refractivity contribution is 5.72. The Balaban J connectivity index is 0.000000711. The van der Waals surface area contributed by atoms with E-state index in [1.165, 1.54) is 6.20 Å². The lowest BCUT2D eigenvalue weighted by molar-refractivity contribution is 0.111. The predicted octanol–water partition coefficient (Wildman–Crippen LogP) is 2.56. The molecule has 0 saturated carbocycles. The second-order valence-corrected chi connectivity index (χ2v) is 2.52. The van der Waals surface area contributed by atoms with Gasteiger partial charge in [-0.3, -0.25) is 9.78 Å². The van der Waals surface area contributed by atoms with Gasteiger partial charge in [-0.15, -0.1) is 0 Å². The molecule has 2 aromatic rings. The smallest absolute Gasteiger partial charge is 0.167 e. The third-order valence-corrected chi connectivity index (χ3v) is 1.63. The van der Waals surface area contributed by atoms with Crippen molar-refractivity contribution in [2.75, 3.05) is 0 Å². The van der Waals surface area contributed by atoms with Crippen molar-refractivity contribution in [2.45, 2.75) is 13.8 Å². The lowest BCUT2D eigenvalue weighted by Gasteiger charge is -1.92. The Morgan fingerprint density at radius 3 is 2.67 bits per heavy atom. The zero-order valence-corrected chi connectivity index (χ0v) is 8.77. The van der Waals surface area contributed by atoms with Crippen LogP contribution in [-0.4, -0.2) is 21.2 Å². The monoisotopic (exact) mass is 205 g/mol. The van der Waals surface area contributed by atoms with Gasteiger partial charge in [-0.05, 0) is 12.1 Å². The van der Waals surface area contributed by atoms with Crippen molar-refractivity contribution in [1.82, 2.24) is 15.0 Å². The third-order valence-electron chi connectivity index (χ3n) is 1.63.